The molecule has 1 atom stereocenters. The first-order valence-corrected chi connectivity index (χ1v) is 10.7. The number of carbonyl (C=O) groups excluding carboxylic acids is 2. The van der Waals surface area contributed by atoms with Gasteiger partial charge in [0.2, 0.25) is 5.91 Å². The predicted octanol–water partition coefficient (Wildman–Crippen LogP) is 4.03. The SMILES string of the molecule is COc1ccc(OCC(=O)N(Cc2ccc(Br)cc2)[C@@H](C)C(=O)NCC(C)C)cc1. The third kappa shape index (κ3) is 7.37. The molecule has 6 nitrogen and oxygen atoms in total. The highest BCUT2D eigenvalue weighted by Gasteiger charge is 2.26. The lowest BCUT2D eigenvalue weighted by atomic mass is 10.1. The van der Waals surface area contributed by atoms with Crippen molar-refractivity contribution in [2.75, 3.05) is 20.3 Å². The molecule has 0 saturated carbocycles. The van der Waals surface area contributed by atoms with Gasteiger partial charge in [-0.2, -0.15) is 0 Å². The van der Waals surface area contributed by atoms with Gasteiger partial charge < -0.3 is 19.7 Å². The van der Waals surface area contributed by atoms with Crippen LogP contribution in [0.2, 0.25) is 0 Å². The summed E-state index contributed by atoms with van der Waals surface area (Å²) < 4.78 is 11.7. The Labute approximate surface area is 186 Å². The van der Waals surface area contributed by atoms with Crippen LogP contribution in [0.5, 0.6) is 11.5 Å². The number of hydrogen-bond acceptors (Lipinski definition) is 4. The first kappa shape index (κ1) is 23.7. The Morgan fingerprint density at radius 3 is 2.17 bits per heavy atom. The summed E-state index contributed by atoms with van der Waals surface area (Å²) in [6, 6.07) is 14.1. The van der Waals surface area contributed by atoms with E-state index in [0.717, 1.165) is 10.0 Å². The van der Waals surface area contributed by atoms with Gasteiger partial charge in [0.25, 0.3) is 5.91 Å². The van der Waals surface area contributed by atoms with Crippen molar-refractivity contribution in [2.24, 2.45) is 5.92 Å². The lowest BCUT2D eigenvalue weighted by molar-refractivity contribution is -0.142. The Morgan fingerprint density at radius 2 is 1.60 bits per heavy atom. The van der Waals surface area contributed by atoms with Crippen LogP contribution in [-0.4, -0.2) is 43.0 Å². The smallest absolute Gasteiger partial charge is 0.261 e. The molecule has 0 aliphatic rings. The predicted molar refractivity (Wildman–Crippen MR) is 120 cm³/mol. The maximum Gasteiger partial charge on any atom is 0.261 e. The van der Waals surface area contributed by atoms with Gasteiger partial charge in [-0.25, -0.2) is 0 Å². The van der Waals surface area contributed by atoms with Crippen molar-refractivity contribution in [1.29, 1.82) is 0 Å². The highest BCUT2D eigenvalue weighted by Crippen LogP contribution is 2.18. The molecule has 0 bridgehead atoms. The van der Waals surface area contributed by atoms with Crippen LogP contribution in [0.15, 0.2) is 53.0 Å². The summed E-state index contributed by atoms with van der Waals surface area (Å²) in [6.45, 7) is 6.50. The van der Waals surface area contributed by atoms with Gasteiger partial charge in [-0.1, -0.05) is 41.9 Å². The van der Waals surface area contributed by atoms with Gasteiger partial charge in [0.05, 0.1) is 7.11 Å². The molecule has 2 aromatic carbocycles. The number of rotatable bonds is 10. The summed E-state index contributed by atoms with van der Waals surface area (Å²) in [6.07, 6.45) is 0. The minimum Gasteiger partial charge on any atom is -0.497 e. The quantitative estimate of drug-likeness (QED) is 0.561. The number of ether oxygens (including phenoxy) is 2. The minimum atomic E-state index is -0.626. The molecule has 2 rings (SSSR count). The molecular weight excluding hydrogens is 448 g/mol. The van der Waals surface area contributed by atoms with Gasteiger partial charge in [-0.05, 0) is 54.8 Å². The van der Waals surface area contributed by atoms with Crippen molar-refractivity contribution >= 4 is 27.7 Å². The summed E-state index contributed by atoms with van der Waals surface area (Å²) in [5.74, 6) is 1.15. The van der Waals surface area contributed by atoms with Crippen LogP contribution in [0.1, 0.15) is 26.3 Å². The Hall–Kier alpha value is -2.54. The van der Waals surface area contributed by atoms with E-state index in [-0.39, 0.29) is 18.4 Å². The number of amides is 2. The molecule has 0 fully saturated rings. The maximum atomic E-state index is 13.0. The van der Waals surface area contributed by atoms with E-state index in [4.69, 9.17) is 9.47 Å². The highest BCUT2D eigenvalue weighted by molar-refractivity contribution is 9.10. The molecule has 0 saturated heterocycles. The molecule has 0 aliphatic heterocycles. The van der Waals surface area contributed by atoms with Crippen molar-refractivity contribution < 1.29 is 19.1 Å². The van der Waals surface area contributed by atoms with Gasteiger partial charge in [0, 0.05) is 17.6 Å². The number of halogens is 1. The van der Waals surface area contributed by atoms with Crippen LogP contribution in [-0.2, 0) is 16.1 Å². The van der Waals surface area contributed by atoms with Gasteiger partial charge in [-0.3, -0.25) is 9.59 Å². The van der Waals surface area contributed by atoms with Gasteiger partial charge >= 0.3 is 0 Å². The Balaban J connectivity index is 2.10. The Morgan fingerprint density at radius 1 is 1.00 bits per heavy atom. The molecular formula is C23H29BrN2O4. The zero-order valence-electron chi connectivity index (χ0n) is 17.9. The number of carbonyl (C=O) groups is 2. The fraction of sp³-hybridized carbons (Fsp3) is 0.391. The lowest BCUT2D eigenvalue weighted by Gasteiger charge is -2.29. The zero-order valence-corrected chi connectivity index (χ0v) is 19.4. The lowest BCUT2D eigenvalue weighted by Crippen LogP contribution is -2.49. The van der Waals surface area contributed by atoms with Gasteiger partial charge in [0.1, 0.15) is 17.5 Å². The second-order valence-electron chi connectivity index (χ2n) is 7.43. The van der Waals surface area contributed by atoms with Crippen LogP contribution in [0.3, 0.4) is 0 Å². The summed E-state index contributed by atoms with van der Waals surface area (Å²) in [4.78, 5) is 27.1. The van der Waals surface area contributed by atoms with Crippen molar-refractivity contribution in [3.8, 4) is 11.5 Å². The summed E-state index contributed by atoms with van der Waals surface area (Å²) in [5.41, 5.74) is 0.930. The average molecular weight is 477 g/mol. The van der Waals surface area contributed by atoms with E-state index in [2.05, 4.69) is 21.2 Å². The molecule has 2 aromatic rings. The zero-order chi connectivity index (χ0) is 22.1. The van der Waals surface area contributed by atoms with Crippen molar-refractivity contribution in [3.05, 3.63) is 58.6 Å². The minimum absolute atomic E-state index is 0.162. The van der Waals surface area contributed by atoms with Crippen molar-refractivity contribution in [2.45, 2.75) is 33.4 Å². The van der Waals surface area contributed by atoms with E-state index < -0.39 is 6.04 Å². The number of benzene rings is 2. The van der Waals surface area contributed by atoms with Crippen LogP contribution in [0, 0.1) is 5.92 Å². The fourth-order valence-electron chi connectivity index (χ4n) is 2.72. The van der Waals surface area contributed by atoms with E-state index in [1.165, 1.54) is 0 Å². The largest absolute Gasteiger partial charge is 0.497 e. The maximum absolute atomic E-state index is 13.0. The van der Waals surface area contributed by atoms with Crippen LogP contribution in [0.4, 0.5) is 0 Å². The molecule has 0 unspecified atom stereocenters. The van der Waals surface area contributed by atoms with Gasteiger partial charge in [-0.15, -0.1) is 0 Å². The summed E-state index contributed by atoms with van der Waals surface area (Å²) in [7, 11) is 1.59. The van der Waals surface area contributed by atoms with Crippen LogP contribution < -0.4 is 14.8 Å². The topological polar surface area (TPSA) is 67.9 Å². The second-order valence-corrected chi connectivity index (χ2v) is 8.34. The molecule has 7 heteroatoms. The fourth-order valence-corrected chi connectivity index (χ4v) is 2.99. The number of nitrogens with one attached hydrogen (secondary N) is 1. The number of methoxy groups -OCH3 is 1. The van der Waals surface area contributed by atoms with E-state index in [0.29, 0.717) is 30.5 Å². The molecule has 0 radical (unpaired) electrons. The van der Waals surface area contributed by atoms with E-state index in [9.17, 15) is 9.59 Å². The Bertz CT molecular complexity index is 822. The Kier molecular flexibility index (Phi) is 9.17. The first-order valence-electron chi connectivity index (χ1n) is 9.88. The van der Waals surface area contributed by atoms with Gasteiger partial charge in [0.15, 0.2) is 6.61 Å². The standard InChI is InChI=1S/C23H29BrN2O4/c1-16(2)13-25-23(28)17(3)26(14-18-5-7-19(24)8-6-18)22(27)15-30-21-11-9-20(29-4)10-12-21/h5-12,16-17H,13-15H2,1-4H3,(H,25,28)/t17-/m0/s1. The monoisotopic (exact) mass is 476 g/mol. The molecule has 0 aliphatic carbocycles. The van der Waals surface area contributed by atoms with Crippen LogP contribution in [0.25, 0.3) is 0 Å². The van der Waals surface area contributed by atoms with E-state index >= 15 is 0 Å². The molecule has 0 heterocycles. The summed E-state index contributed by atoms with van der Waals surface area (Å²) >= 11 is 3.41. The highest BCUT2D eigenvalue weighted by atomic mass is 79.9. The van der Waals surface area contributed by atoms with E-state index in [1.807, 2.05) is 38.1 Å². The summed E-state index contributed by atoms with van der Waals surface area (Å²) in [5, 5.41) is 2.90. The van der Waals surface area contributed by atoms with Crippen molar-refractivity contribution in [1.82, 2.24) is 10.2 Å². The third-order valence-corrected chi connectivity index (χ3v) is 5.07. The molecule has 1 N–H and O–H groups in total. The molecule has 30 heavy (non-hydrogen) atoms. The number of nitrogens with zero attached hydrogens (tertiary/aromatic N) is 1. The van der Waals surface area contributed by atoms with Crippen molar-refractivity contribution in [3.63, 3.8) is 0 Å². The molecule has 0 aromatic heterocycles. The third-order valence-electron chi connectivity index (χ3n) is 4.54. The first-order chi connectivity index (χ1) is 14.3. The normalized spacial score (nSPS) is 11.7. The number of hydrogen-bond donors (Lipinski definition) is 1. The average Bonchev–Trinajstić information content (AvgIpc) is 2.75. The second kappa shape index (κ2) is 11.6. The van der Waals surface area contributed by atoms with E-state index in [1.54, 1.807) is 43.2 Å². The molecule has 2 amide bonds. The molecule has 0 spiro atoms. The van der Waals surface area contributed by atoms with Crippen LogP contribution >= 0.6 is 15.9 Å². The molecule has 162 valence electrons.